The number of allylic oxidation sites excluding steroid dienone is 1. The Morgan fingerprint density at radius 3 is 2.39 bits per heavy atom. The Hall–Kier alpha value is -2.50. The summed E-state index contributed by atoms with van der Waals surface area (Å²) in [5, 5.41) is 5.65. The van der Waals surface area contributed by atoms with Gasteiger partial charge in [0.1, 0.15) is 5.75 Å². The molecule has 1 heterocycles. The van der Waals surface area contributed by atoms with Crippen LogP contribution in [0.15, 0.2) is 35.5 Å². The number of hydrogen-bond donors (Lipinski definition) is 2. The highest BCUT2D eigenvalue weighted by atomic mass is 16.5. The van der Waals surface area contributed by atoms with Crippen molar-refractivity contribution in [1.82, 2.24) is 10.6 Å². The standard InChI is InChI=1S/C22H32N2O4/c1-4-7-9-15-28-17-13-11-16(12-14-17)20-19(21(25)27-6-3)18(10-8-5-2)23-22(26)24-20/h11-14,20H,4-10,15H2,1-3H3,(H2,23,24,26). The zero-order chi connectivity index (χ0) is 20.4. The summed E-state index contributed by atoms with van der Waals surface area (Å²) in [6.45, 7) is 6.98. The fourth-order valence-corrected chi connectivity index (χ4v) is 3.17. The molecule has 0 saturated heterocycles. The van der Waals surface area contributed by atoms with Crippen LogP contribution in [0.5, 0.6) is 5.75 Å². The summed E-state index contributed by atoms with van der Waals surface area (Å²) in [6.07, 6.45) is 5.81. The van der Waals surface area contributed by atoms with Crippen molar-refractivity contribution < 1.29 is 19.1 Å². The summed E-state index contributed by atoms with van der Waals surface area (Å²) in [7, 11) is 0. The first-order chi connectivity index (χ1) is 13.6. The summed E-state index contributed by atoms with van der Waals surface area (Å²) < 4.78 is 11.0. The van der Waals surface area contributed by atoms with Crippen LogP contribution >= 0.6 is 0 Å². The Morgan fingerprint density at radius 2 is 1.75 bits per heavy atom. The molecule has 28 heavy (non-hydrogen) atoms. The number of esters is 1. The SMILES string of the molecule is CCCCCOc1ccc(C2NC(=O)NC(CCCC)=C2C(=O)OCC)cc1. The van der Waals surface area contributed by atoms with Crippen molar-refractivity contribution in [1.29, 1.82) is 0 Å². The van der Waals surface area contributed by atoms with Crippen LogP contribution in [-0.2, 0) is 9.53 Å². The smallest absolute Gasteiger partial charge is 0.338 e. The quantitative estimate of drug-likeness (QED) is 0.428. The second-order valence-electron chi connectivity index (χ2n) is 6.87. The topological polar surface area (TPSA) is 76.7 Å². The van der Waals surface area contributed by atoms with E-state index in [1.165, 1.54) is 0 Å². The maximum atomic E-state index is 12.6. The minimum atomic E-state index is -0.534. The molecule has 0 saturated carbocycles. The molecule has 1 aliphatic heterocycles. The van der Waals surface area contributed by atoms with E-state index in [9.17, 15) is 9.59 Å². The summed E-state index contributed by atoms with van der Waals surface area (Å²) in [6, 6.07) is 6.70. The van der Waals surface area contributed by atoms with Gasteiger partial charge >= 0.3 is 12.0 Å². The molecule has 0 aliphatic carbocycles. The van der Waals surface area contributed by atoms with Crippen LogP contribution in [-0.4, -0.2) is 25.2 Å². The third kappa shape index (κ3) is 6.01. The Morgan fingerprint density at radius 1 is 1.04 bits per heavy atom. The average molecular weight is 389 g/mol. The fourth-order valence-electron chi connectivity index (χ4n) is 3.17. The van der Waals surface area contributed by atoms with Crippen molar-refractivity contribution in [3.05, 3.63) is 41.1 Å². The third-order valence-electron chi connectivity index (χ3n) is 4.66. The van der Waals surface area contributed by atoms with Crippen LogP contribution < -0.4 is 15.4 Å². The van der Waals surface area contributed by atoms with Gasteiger partial charge < -0.3 is 20.1 Å². The van der Waals surface area contributed by atoms with E-state index in [0.29, 0.717) is 24.3 Å². The zero-order valence-electron chi connectivity index (χ0n) is 17.2. The number of carbonyl (C=O) groups is 2. The number of rotatable bonds is 11. The van der Waals surface area contributed by atoms with Gasteiger partial charge in [0, 0.05) is 5.70 Å². The van der Waals surface area contributed by atoms with Crippen LogP contribution in [0.1, 0.15) is 70.9 Å². The van der Waals surface area contributed by atoms with Crippen LogP contribution in [0.3, 0.4) is 0 Å². The van der Waals surface area contributed by atoms with Gasteiger partial charge in [0.2, 0.25) is 0 Å². The third-order valence-corrected chi connectivity index (χ3v) is 4.66. The second-order valence-corrected chi connectivity index (χ2v) is 6.87. The lowest BCUT2D eigenvalue weighted by atomic mass is 9.93. The molecule has 1 atom stereocenters. The molecule has 0 fully saturated rings. The van der Waals surface area contributed by atoms with E-state index in [0.717, 1.165) is 43.4 Å². The highest BCUT2D eigenvalue weighted by molar-refractivity contribution is 5.95. The Kier molecular flexibility index (Phi) is 8.85. The van der Waals surface area contributed by atoms with Gasteiger partial charge in [0.25, 0.3) is 0 Å². The molecule has 2 rings (SSSR count). The molecule has 1 aromatic rings. The minimum absolute atomic E-state index is 0.286. The molecule has 6 heteroatoms. The van der Waals surface area contributed by atoms with Gasteiger partial charge in [-0.1, -0.05) is 45.2 Å². The molecule has 1 aromatic carbocycles. The summed E-state index contributed by atoms with van der Waals surface area (Å²) in [5.41, 5.74) is 1.95. The molecule has 6 nitrogen and oxygen atoms in total. The number of ether oxygens (including phenoxy) is 2. The molecule has 0 spiro atoms. The van der Waals surface area contributed by atoms with Crippen LogP contribution in [0.25, 0.3) is 0 Å². The molecule has 1 aliphatic rings. The number of amides is 2. The average Bonchev–Trinajstić information content (AvgIpc) is 2.69. The number of nitrogens with one attached hydrogen (secondary N) is 2. The maximum Gasteiger partial charge on any atom is 0.338 e. The Balaban J connectivity index is 2.24. The number of benzene rings is 1. The first-order valence-electron chi connectivity index (χ1n) is 10.3. The molecule has 2 N–H and O–H groups in total. The number of carbonyl (C=O) groups excluding carboxylic acids is 2. The normalized spacial score (nSPS) is 16.4. The number of urea groups is 1. The summed E-state index contributed by atoms with van der Waals surface area (Å²) in [4.78, 5) is 24.8. The molecule has 154 valence electrons. The van der Waals surface area contributed by atoms with Gasteiger partial charge in [-0.25, -0.2) is 9.59 Å². The lowest BCUT2D eigenvalue weighted by Crippen LogP contribution is -2.46. The lowest BCUT2D eigenvalue weighted by Gasteiger charge is -2.29. The predicted octanol–water partition coefficient (Wildman–Crippen LogP) is 4.62. The number of unbranched alkanes of at least 4 members (excludes halogenated alkanes) is 3. The van der Waals surface area contributed by atoms with E-state index in [4.69, 9.17) is 9.47 Å². The van der Waals surface area contributed by atoms with Gasteiger partial charge in [-0.3, -0.25) is 0 Å². The molecule has 0 bridgehead atoms. The van der Waals surface area contributed by atoms with E-state index < -0.39 is 12.0 Å². The Bertz CT molecular complexity index is 682. The largest absolute Gasteiger partial charge is 0.494 e. The van der Waals surface area contributed by atoms with Crippen molar-refractivity contribution in [3.8, 4) is 5.75 Å². The van der Waals surface area contributed by atoms with E-state index in [2.05, 4.69) is 24.5 Å². The van der Waals surface area contributed by atoms with E-state index in [1.807, 2.05) is 24.3 Å². The minimum Gasteiger partial charge on any atom is -0.494 e. The highest BCUT2D eigenvalue weighted by Crippen LogP contribution is 2.30. The van der Waals surface area contributed by atoms with Crippen LogP contribution in [0, 0.1) is 0 Å². The van der Waals surface area contributed by atoms with Gasteiger partial charge in [0.05, 0.1) is 24.8 Å². The van der Waals surface area contributed by atoms with Gasteiger partial charge in [-0.15, -0.1) is 0 Å². The summed E-state index contributed by atoms with van der Waals surface area (Å²) >= 11 is 0. The van der Waals surface area contributed by atoms with Gasteiger partial charge in [-0.05, 0) is 43.9 Å². The van der Waals surface area contributed by atoms with Crippen molar-refractivity contribution in [3.63, 3.8) is 0 Å². The molecule has 0 radical (unpaired) electrons. The second kappa shape index (κ2) is 11.4. The van der Waals surface area contributed by atoms with Crippen LogP contribution in [0.2, 0.25) is 0 Å². The van der Waals surface area contributed by atoms with E-state index >= 15 is 0 Å². The van der Waals surface area contributed by atoms with Crippen molar-refractivity contribution in [2.24, 2.45) is 0 Å². The Labute approximate surface area is 167 Å². The summed E-state index contributed by atoms with van der Waals surface area (Å²) in [5.74, 6) is 0.388. The molecule has 0 aromatic heterocycles. The van der Waals surface area contributed by atoms with Crippen molar-refractivity contribution in [2.45, 2.75) is 65.3 Å². The van der Waals surface area contributed by atoms with Gasteiger partial charge in [0.15, 0.2) is 0 Å². The molecular weight excluding hydrogens is 356 g/mol. The monoisotopic (exact) mass is 388 g/mol. The first kappa shape index (κ1) is 21.8. The van der Waals surface area contributed by atoms with Crippen LogP contribution in [0.4, 0.5) is 4.79 Å². The highest BCUT2D eigenvalue weighted by Gasteiger charge is 2.33. The van der Waals surface area contributed by atoms with Crippen molar-refractivity contribution in [2.75, 3.05) is 13.2 Å². The maximum absolute atomic E-state index is 12.6. The van der Waals surface area contributed by atoms with Crippen molar-refractivity contribution >= 4 is 12.0 Å². The van der Waals surface area contributed by atoms with Gasteiger partial charge in [-0.2, -0.15) is 0 Å². The zero-order valence-corrected chi connectivity index (χ0v) is 17.2. The fraction of sp³-hybridized carbons (Fsp3) is 0.545. The molecule has 2 amide bonds. The molecule has 1 unspecified atom stereocenters. The van der Waals surface area contributed by atoms with E-state index in [-0.39, 0.29) is 12.6 Å². The van der Waals surface area contributed by atoms with E-state index in [1.54, 1.807) is 6.92 Å². The first-order valence-corrected chi connectivity index (χ1v) is 10.3. The number of hydrogen-bond acceptors (Lipinski definition) is 4. The predicted molar refractivity (Wildman–Crippen MR) is 109 cm³/mol. The molecular formula is C22H32N2O4. The lowest BCUT2D eigenvalue weighted by molar-refractivity contribution is -0.139.